The molecule has 0 aliphatic heterocycles. The molecule has 2 heterocycles. The molecular formula is C27H36FN3O. The van der Waals surface area contributed by atoms with Crippen LogP contribution >= 0.6 is 0 Å². The van der Waals surface area contributed by atoms with Gasteiger partial charge in [0.1, 0.15) is 11.3 Å². The first-order valence-corrected chi connectivity index (χ1v) is 12.0. The van der Waals surface area contributed by atoms with Crippen molar-refractivity contribution in [3.8, 4) is 11.1 Å². The van der Waals surface area contributed by atoms with Gasteiger partial charge in [0.05, 0.1) is 6.54 Å². The number of nitrogens with one attached hydrogen (secondary N) is 1. The quantitative estimate of drug-likeness (QED) is 0.291. The molecule has 2 aromatic heterocycles. The Hall–Kier alpha value is -2.66. The van der Waals surface area contributed by atoms with E-state index in [1.807, 2.05) is 44.3 Å². The molecule has 2 aromatic carbocycles. The standard InChI is InChI=1S/C25H30FN3O.C2H6/c1-4-11-29(12-10-17(3)5-2)16-25-28-22-9-6-18(13-24(22)30-25)21-15-27-23-14-19(26)7-8-20(21)23;1-2/h6-9,13-15,17,27H,4-5,10-12,16H2,1-3H3;1-2H3. The van der Waals surface area contributed by atoms with Gasteiger partial charge in [0.15, 0.2) is 5.58 Å². The molecule has 5 heteroatoms. The Morgan fingerprint density at radius 3 is 2.66 bits per heavy atom. The molecule has 0 spiro atoms. The molecule has 0 amide bonds. The van der Waals surface area contributed by atoms with Crippen molar-refractivity contribution >= 4 is 22.0 Å². The van der Waals surface area contributed by atoms with E-state index in [-0.39, 0.29) is 5.82 Å². The largest absolute Gasteiger partial charge is 0.439 e. The minimum absolute atomic E-state index is 0.240. The fourth-order valence-corrected chi connectivity index (χ4v) is 3.93. The molecule has 0 bridgehead atoms. The first-order chi connectivity index (χ1) is 15.6. The van der Waals surface area contributed by atoms with Crippen LogP contribution in [0.4, 0.5) is 4.39 Å². The zero-order chi connectivity index (χ0) is 23.1. The summed E-state index contributed by atoms with van der Waals surface area (Å²) in [6.45, 7) is 13.6. The summed E-state index contributed by atoms with van der Waals surface area (Å²) in [5.41, 5.74) is 4.52. The highest BCUT2D eigenvalue weighted by Crippen LogP contribution is 2.31. The predicted molar refractivity (Wildman–Crippen MR) is 132 cm³/mol. The number of fused-ring (bicyclic) bond motifs is 2. The number of H-pyrrole nitrogens is 1. The molecule has 0 saturated heterocycles. The van der Waals surface area contributed by atoms with Crippen LogP contribution in [0, 0.1) is 11.7 Å². The second-order valence-corrected chi connectivity index (χ2v) is 8.26. The average Bonchev–Trinajstić information content (AvgIpc) is 3.41. The van der Waals surface area contributed by atoms with Gasteiger partial charge in [-0.05, 0) is 67.7 Å². The van der Waals surface area contributed by atoms with Crippen molar-refractivity contribution in [3.05, 3.63) is 54.3 Å². The molecule has 4 rings (SSSR count). The van der Waals surface area contributed by atoms with Gasteiger partial charge < -0.3 is 9.40 Å². The van der Waals surface area contributed by atoms with E-state index in [2.05, 4.69) is 30.7 Å². The minimum Gasteiger partial charge on any atom is -0.439 e. The molecule has 1 unspecified atom stereocenters. The van der Waals surface area contributed by atoms with Crippen LogP contribution in [0.15, 0.2) is 47.0 Å². The first-order valence-electron chi connectivity index (χ1n) is 12.0. The zero-order valence-corrected chi connectivity index (χ0v) is 20.0. The lowest BCUT2D eigenvalue weighted by Crippen LogP contribution is -2.26. The van der Waals surface area contributed by atoms with Gasteiger partial charge in [-0.3, -0.25) is 4.90 Å². The summed E-state index contributed by atoms with van der Waals surface area (Å²) < 4.78 is 19.6. The van der Waals surface area contributed by atoms with Crippen molar-refractivity contribution in [3.63, 3.8) is 0 Å². The molecule has 1 N–H and O–H groups in total. The molecule has 4 nitrogen and oxygen atoms in total. The number of rotatable bonds is 9. The Balaban J connectivity index is 0.00000141. The summed E-state index contributed by atoms with van der Waals surface area (Å²) >= 11 is 0. The number of hydrogen-bond acceptors (Lipinski definition) is 3. The summed E-state index contributed by atoms with van der Waals surface area (Å²) in [5, 5.41) is 0.995. The Kier molecular flexibility index (Phi) is 8.46. The fraction of sp³-hybridized carbons (Fsp3) is 0.444. The first kappa shape index (κ1) is 24.0. The Morgan fingerprint density at radius 2 is 1.91 bits per heavy atom. The smallest absolute Gasteiger partial charge is 0.209 e. The van der Waals surface area contributed by atoms with Crippen LogP contribution < -0.4 is 0 Å². The Bertz CT molecular complexity index is 1130. The van der Waals surface area contributed by atoms with Crippen LogP contribution in [0.1, 0.15) is 59.8 Å². The summed E-state index contributed by atoms with van der Waals surface area (Å²) in [6, 6.07) is 10.9. The van der Waals surface area contributed by atoms with Gasteiger partial charge in [-0.1, -0.05) is 47.1 Å². The predicted octanol–water partition coefficient (Wildman–Crippen LogP) is 7.79. The topological polar surface area (TPSA) is 45.1 Å². The van der Waals surface area contributed by atoms with E-state index >= 15 is 0 Å². The second kappa shape index (κ2) is 11.3. The minimum atomic E-state index is -0.240. The fourth-order valence-electron chi connectivity index (χ4n) is 3.93. The highest BCUT2D eigenvalue weighted by atomic mass is 19.1. The molecule has 0 aliphatic carbocycles. The van der Waals surface area contributed by atoms with Gasteiger partial charge in [-0.25, -0.2) is 9.37 Å². The normalized spacial score (nSPS) is 12.3. The van der Waals surface area contributed by atoms with Crippen molar-refractivity contribution in [1.82, 2.24) is 14.9 Å². The average molecular weight is 438 g/mol. The lowest BCUT2D eigenvalue weighted by molar-refractivity contribution is 0.225. The van der Waals surface area contributed by atoms with Gasteiger partial charge in [0.2, 0.25) is 5.89 Å². The van der Waals surface area contributed by atoms with E-state index in [9.17, 15) is 4.39 Å². The number of aromatic nitrogens is 2. The summed E-state index contributed by atoms with van der Waals surface area (Å²) in [7, 11) is 0. The molecule has 0 aliphatic rings. The molecule has 0 saturated carbocycles. The summed E-state index contributed by atoms with van der Waals surface area (Å²) in [4.78, 5) is 10.3. The van der Waals surface area contributed by atoms with Crippen molar-refractivity contribution in [2.75, 3.05) is 13.1 Å². The molecule has 4 aromatic rings. The van der Waals surface area contributed by atoms with E-state index in [0.29, 0.717) is 0 Å². The number of oxazole rings is 1. The van der Waals surface area contributed by atoms with Crippen LogP contribution in [0.25, 0.3) is 33.1 Å². The van der Waals surface area contributed by atoms with Gasteiger partial charge in [0.25, 0.3) is 0 Å². The number of aromatic amines is 1. The third kappa shape index (κ3) is 5.57. The van der Waals surface area contributed by atoms with Gasteiger partial charge in [0, 0.05) is 22.7 Å². The van der Waals surface area contributed by atoms with E-state index in [1.54, 1.807) is 0 Å². The highest BCUT2D eigenvalue weighted by molar-refractivity contribution is 5.97. The van der Waals surface area contributed by atoms with E-state index < -0.39 is 0 Å². The van der Waals surface area contributed by atoms with E-state index in [4.69, 9.17) is 9.40 Å². The summed E-state index contributed by atoms with van der Waals surface area (Å²) in [6.07, 6.45) is 5.45. The molecular weight excluding hydrogens is 401 g/mol. The third-order valence-electron chi connectivity index (χ3n) is 5.92. The lowest BCUT2D eigenvalue weighted by atomic mass is 10.0. The van der Waals surface area contributed by atoms with Crippen LogP contribution in [0.3, 0.4) is 0 Å². The van der Waals surface area contributed by atoms with Gasteiger partial charge in [-0.15, -0.1) is 0 Å². The molecule has 1 atom stereocenters. The maximum absolute atomic E-state index is 13.5. The van der Waals surface area contributed by atoms with Gasteiger partial charge in [-0.2, -0.15) is 0 Å². The lowest BCUT2D eigenvalue weighted by Gasteiger charge is -2.21. The maximum atomic E-state index is 13.5. The van der Waals surface area contributed by atoms with Crippen molar-refractivity contribution in [2.24, 2.45) is 5.92 Å². The highest BCUT2D eigenvalue weighted by Gasteiger charge is 2.14. The zero-order valence-electron chi connectivity index (χ0n) is 20.0. The molecule has 172 valence electrons. The Morgan fingerprint density at radius 1 is 1.09 bits per heavy atom. The molecule has 32 heavy (non-hydrogen) atoms. The van der Waals surface area contributed by atoms with Crippen molar-refractivity contribution in [1.29, 1.82) is 0 Å². The SMILES string of the molecule is CC.CCCN(CCC(C)CC)Cc1nc2ccc(-c3c[nH]c4cc(F)ccc34)cc2o1. The molecule has 0 fully saturated rings. The van der Waals surface area contributed by atoms with E-state index in [1.165, 1.54) is 25.0 Å². The van der Waals surface area contributed by atoms with Crippen LogP contribution in [0.2, 0.25) is 0 Å². The summed E-state index contributed by atoms with van der Waals surface area (Å²) in [5.74, 6) is 1.26. The second-order valence-electron chi connectivity index (χ2n) is 8.26. The Labute approximate surface area is 190 Å². The number of halogens is 1. The van der Waals surface area contributed by atoms with Crippen LogP contribution in [0.5, 0.6) is 0 Å². The van der Waals surface area contributed by atoms with E-state index in [0.717, 1.165) is 71.0 Å². The maximum Gasteiger partial charge on any atom is 0.209 e. The monoisotopic (exact) mass is 437 g/mol. The van der Waals surface area contributed by atoms with Crippen molar-refractivity contribution < 1.29 is 8.81 Å². The number of nitrogens with zero attached hydrogens (tertiary/aromatic N) is 2. The van der Waals surface area contributed by atoms with Crippen molar-refractivity contribution in [2.45, 2.75) is 60.4 Å². The molecule has 0 radical (unpaired) electrons. The number of hydrogen-bond donors (Lipinski definition) is 1. The number of benzene rings is 2. The van der Waals surface area contributed by atoms with Crippen LogP contribution in [-0.4, -0.2) is 28.0 Å². The third-order valence-corrected chi connectivity index (χ3v) is 5.92. The van der Waals surface area contributed by atoms with Gasteiger partial charge >= 0.3 is 0 Å². The van der Waals surface area contributed by atoms with Crippen LogP contribution in [-0.2, 0) is 6.54 Å².